The van der Waals surface area contributed by atoms with Gasteiger partial charge in [-0.25, -0.2) is 0 Å². The minimum atomic E-state index is -7.81. The third-order valence-electron chi connectivity index (χ3n) is 2.62. The van der Waals surface area contributed by atoms with Crippen LogP contribution in [0.25, 0.3) is 0 Å². The first-order valence-electron chi connectivity index (χ1n) is 5.26. The molecular weight excluding hydrogens is 398 g/mol. The van der Waals surface area contributed by atoms with Gasteiger partial charge in [0.2, 0.25) is 0 Å². The molecule has 0 aliphatic rings. The van der Waals surface area contributed by atoms with E-state index in [2.05, 4.69) is 0 Å². The number of hydrogen-bond donors (Lipinski definition) is 0. The smallest absolute Gasteiger partial charge is 0.200 e. The molecule has 0 N–H and O–H groups in total. The molecule has 0 spiro atoms. The van der Waals surface area contributed by atoms with Crippen molar-refractivity contribution in [2.24, 2.45) is 0 Å². The van der Waals surface area contributed by atoms with E-state index < -0.39 is 48.0 Å². The second-order valence-electron chi connectivity index (χ2n) is 4.24. The second kappa shape index (κ2) is 7.02. The van der Waals surface area contributed by atoms with Crippen LogP contribution in [0.5, 0.6) is 0 Å². The Morgan fingerprint density at radius 2 is 0.917 bits per heavy atom. The monoisotopic (exact) mass is 405 g/mol. The van der Waals surface area contributed by atoms with Gasteiger partial charge in [-0.05, 0) is 12.0 Å². The minimum absolute atomic E-state index is 0. The molecule has 0 saturated carbocycles. The van der Waals surface area contributed by atoms with E-state index >= 15 is 0 Å². The molecule has 0 aliphatic carbocycles. The lowest BCUT2D eigenvalue weighted by molar-refractivity contribution is -0.439. The average Bonchev–Trinajstić information content (AvgIpc) is 2.34. The van der Waals surface area contributed by atoms with E-state index in [9.17, 15) is 57.1 Å². The van der Waals surface area contributed by atoms with Crippen molar-refractivity contribution in [3.8, 4) is 0 Å². The molecule has 0 aromatic carbocycles. The number of alkyl halides is 13. The van der Waals surface area contributed by atoms with E-state index in [1.54, 1.807) is 0 Å². The van der Waals surface area contributed by atoms with Crippen molar-refractivity contribution in [2.45, 2.75) is 42.2 Å². The largest absolute Gasteiger partial charge is 0.460 e. The van der Waals surface area contributed by atoms with Gasteiger partial charge in [0.25, 0.3) is 0 Å². The summed E-state index contributed by atoms with van der Waals surface area (Å²) in [5, 5.41) is 0. The van der Waals surface area contributed by atoms with E-state index in [0.717, 1.165) is 6.26 Å². The lowest BCUT2D eigenvalue weighted by Gasteiger charge is -2.39. The summed E-state index contributed by atoms with van der Waals surface area (Å²) in [6.07, 6.45) is -8.48. The molecule has 0 fully saturated rings. The van der Waals surface area contributed by atoms with Crippen LogP contribution in [0, 0.1) is 0 Å². The van der Waals surface area contributed by atoms with E-state index in [1.807, 2.05) is 0 Å². The van der Waals surface area contributed by atoms with Crippen LogP contribution in [0.4, 0.5) is 57.1 Å². The van der Waals surface area contributed by atoms with Crippen LogP contribution in [-0.2, 0) is 0 Å². The van der Waals surface area contributed by atoms with Crippen molar-refractivity contribution < 1.29 is 57.1 Å². The van der Waals surface area contributed by atoms with Crippen LogP contribution in [0.1, 0.15) is 6.42 Å². The third-order valence-corrected chi connectivity index (χ3v) is 3.23. The molecule has 0 aromatic heterocycles. The number of thioether (sulfide) groups is 1. The lowest BCUT2D eigenvalue weighted by atomic mass is 9.93. The number of halogens is 13. The van der Waals surface area contributed by atoms with Gasteiger partial charge in [0, 0.05) is 14.8 Å². The normalized spacial score (nSPS) is 15.2. The van der Waals surface area contributed by atoms with E-state index in [4.69, 9.17) is 0 Å². The molecule has 0 bridgehead atoms. The Bertz CT molecular complexity index is 416. The Balaban J connectivity index is 0. The molecule has 0 amide bonds. The summed E-state index contributed by atoms with van der Waals surface area (Å²) in [6.45, 7) is 0. The molecule has 0 aliphatic heterocycles. The molecule has 0 aromatic rings. The maximum Gasteiger partial charge on any atom is 0.460 e. The summed E-state index contributed by atoms with van der Waals surface area (Å²) in [6, 6.07) is 0. The second-order valence-corrected chi connectivity index (χ2v) is 5.23. The topological polar surface area (TPSA) is 0 Å². The fourth-order valence-corrected chi connectivity index (χ4v) is 1.65. The van der Waals surface area contributed by atoms with Crippen molar-refractivity contribution in [1.82, 2.24) is 0 Å². The van der Waals surface area contributed by atoms with Crippen LogP contribution in [0.15, 0.2) is 0 Å². The van der Waals surface area contributed by atoms with Gasteiger partial charge in [0.05, 0.1) is 0 Å². The Morgan fingerprint density at radius 1 is 0.583 bits per heavy atom. The van der Waals surface area contributed by atoms with Gasteiger partial charge in [0.15, 0.2) is 0 Å². The quantitative estimate of drug-likeness (QED) is 0.420. The molecule has 24 heavy (non-hydrogen) atoms. The van der Waals surface area contributed by atoms with Crippen molar-refractivity contribution >= 4 is 20.2 Å². The number of rotatable bonds is 7. The van der Waals surface area contributed by atoms with Crippen molar-refractivity contribution in [2.75, 3.05) is 12.0 Å². The molecule has 0 unspecified atom stereocenters. The van der Waals surface area contributed by atoms with Crippen molar-refractivity contribution in [3.63, 3.8) is 0 Å². The van der Waals surface area contributed by atoms with Crippen LogP contribution < -0.4 is 0 Å². The molecule has 0 rings (SSSR count). The van der Waals surface area contributed by atoms with Gasteiger partial charge in [-0.3, -0.25) is 0 Å². The fourth-order valence-electron chi connectivity index (χ4n) is 1.19. The van der Waals surface area contributed by atoms with Crippen LogP contribution >= 0.6 is 11.8 Å². The molecule has 3 radical (unpaired) electrons. The predicted molar refractivity (Wildman–Crippen MR) is 59.5 cm³/mol. The lowest BCUT2D eigenvalue weighted by Crippen LogP contribution is -2.70. The molecule has 0 atom stereocenters. The summed E-state index contributed by atoms with van der Waals surface area (Å²) in [7, 11) is 0. The zero-order valence-electron chi connectivity index (χ0n) is 11.3. The minimum Gasteiger partial charge on any atom is -0.200 e. The summed E-state index contributed by atoms with van der Waals surface area (Å²) < 4.78 is 164. The first-order valence-corrected chi connectivity index (χ1v) is 6.65. The van der Waals surface area contributed by atoms with Gasteiger partial charge in [0.1, 0.15) is 0 Å². The highest BCUT2D eigenvalue weighted by Gasteiger charge is 2.90. The maximum absolute atomic E-state index is 13.0. The summed E-state index contributed by atoms with van der Waals surface area (Å²) in [5.74, 6) is -37.2. The first-order chi connectivity index (χ1) is 9.81. The highest BCUT2D eigenvalue weighted by molar-refractivity contribution is 7.98. The average molecular weight is 405 g/mol. The van der Waals surface area contributed by atoms with Gasteiger partial charge in [-0.2, -0.15) is 68.8 Å². The van der Waals surface area contributed by atoms with Crippen LogP contribution in [-0.4, -0.2) is 56.2 Å². The SMILES string of the molecule is CSCCC(F)(F)C(F)(F)C(F)(F)C(F)(F)C(F)(F)C(F)(F)F.[B]. The Morgan fingerprint density at radius 3 is 1.21 bits per heavy atom. The molecular formula is C9H7BF13S. The van der Waals surface area contributed by atoms with Crippen molar-refractivity contribution in [3.05, 3.63) is 0 Å². The highest BCUT2D eigenvalue weighted by atomic mass is 32.2. The van der Waals surface area contributed by atoms with Gasteiger partial charge < -0.3 is 0 Å². The zero-order chi connectivity index (χ0) is 19.1. The maximum atomic E-state index is 13.0. The Labute approximate surface area is 132 Å². The van der Waals surface area contributed by atoms with E-state index in [1.165, 1.54) is 0 Å². The Hall–Kier alpha value is -0.495. The van der Waals surface area contributed by atoms with Gasteiger partial charge >= 0.3 is 35.8 Å². The highest BCUT2D eigenvalue weighted by Crippen LogP contribution is 2.60. The molecule has 0 saturated heterocycles. The third kappa shape index (κ3) is 3.69. The predicted octanol–water partition coefficient (Wildman–Crippen LogP) is 5.10. The van der Waals surface area contributed by atoms with E-state index in [-0.39, 0.29) is 8.41 Å². The fraction of sp³-hybridized carbons (Fsp3) is 1.00. The van der Waals surface area contributed by atoms with Crippen LogP contribution in [0.3, 0.4) is 0 Å². The summed E-state index contributed by atoms with van der Waals surface area (Å²) in [4.78, 5) is 0. The molecule has 0 nitrogen and oxygen atoms in total. The van der Waals surface area contributed by atoms with E-state index in [0.29, 0.717) is 11.8 Å². The molecule has 0 heterocycles. The van der Waals surface area contributed by atoms with Gasteiger partial charge in [-0.1, -0.05) is 0 Å². The first kappa shape index (κ1) is 25.7. The van der Waals surface area contributed by atoms with Crippen molar-refractivity contribution in [1.29, 1.82) is 0 Å². The Kier molecular flexibility index (Phi) is 7.53. The zero-order valence-corrected chi connectivity index (χ0v) is 12.1. The standard InChI is InChI=1S/C9H7F13S.B/c1-23-3-2-4(10,11)5(12,13)6(14,15)7(16,17)8(18,19)9(20,21)22;/h2-3H2,1H3;. The van der Waals surface area contributed by atoms with Crippen LogP contribution in [0.2, 0.25) is 0 Å². The number of hydrogen-bond acceptors (Lipinski definition) is 1. The van der Waals surface area contributed by atoms with Gasteiger partial charge in [-0.15, -0.1) is 0 Å². The molecule has 15 heteroatoms. The molecule has 143 valence electrons. The summed E-state index contributed by atoms with van der Waals surface area (Å²) >= 11 is 0.399. The summed E-state index contributed by atoms with van der Waals surface area (Å²) in [5.41, 5.74) is 0.